The normalized spacial score (nSPS) is 19.8. The molecule has 0 spiro atoms. The zero-order valence-corrected chi connectivity index (χ0v) is 14.4. The molecule has 23 heavy (non-hydrogen) atoms. The van der Waals surface area contributed by atoms with Crippen LogP contribution in [0, 0.1) is 5.92 Å². The molecule has 126 valence electrons. The van der Waals surface area contributed by atoms with Crippen molar-refractivity contribution in [3.8, 4) is 5.75 Å². The summed E-state index contributed by atoms with van der Waals surface area (Å²) >= 11 is 0. The first-order valence-corrected chi connectivity index (χ1v) is 9.58. The Labute approximate surface area is 137 Å². The van der Waals surface area contributed by atoms with E-state index in [-0.39, 0.29) is 23.3 Å². The van der Waals surface area contributed by atoms with Gasteiger partial charge in [-0.25, -0.2) is 8.42 Å². The second-order valence-electron chi connectivity index (χ2n) is 5.82. The van der Waals surface area contributed by atoms with E-state index in [4.69, 9.17) is 4.74 Å². The number of sulfone groups is 1. The van der Waals surface area contributed by atoms with Crippen LogP contribution in [-0.4, -0.2) is 50.9 Å². The first-order valence-electron chi connectivity index (χ1n) is 7.76. The van der Waals surface area contributed by atoms with Crippen LogP contribution >= 0.6 is 0 Å². The van der Waals surface area contributed by atoms with Crippen molar-refractivity contribution in [2.75, 3.05) is 31.7 Å². The molecule has 1 aromatic carbocycles. The van der Waals surface area contributed by atoms with E-state index in [1.165, 1.54) is 6.08 Å². The maximum atomic E-state index is 12.1. The minimum absolute atomic E-state index is 0.0489. The predicted octanol–water partition coefficient (Wildman–Crippen LogP) is 1.99. The zero-order chi connectivity index (χ0) is 16.9. The number of carbonyl (C=O) groups is 1. The number of likely N-dealkylation sites (N-methyl/N-ethyl adjacent to an activating group) is 1. The summed E-state index contributed by atoms with van der Waals surface area (Å²) in [5.41, 5.74) is 0.915. The van der Waals surface area contributed by atoms with Crippen LogP contribution in [0.5, 0.6) is 5.75 Å². The number of benzene rings is 1. The summed E-state index contributed by atoms with van der Waals surface area (Å²) in [7, 11) is -1.19. The third kappa shape index (κ3) is 5.39. The van der Waals surface area contributed by atoms with Gasteiger partial charge >= 0.3 is 0 Å². The summed E-state index contributed by atoms with van der Waals surface area (Å²) in [6, 6.07) is 7.50. The van der Waals surface area contributed by atoms with Gasteiger partial charge in [0, 0.05) is 19.7 Å². The molecule has 0 bridgehead atoms. The molecule has 2 rings (SSSR count). The summed E-state index contributed by atoms with van der Waals surface area (Å²) in [5.74, 6) is 1.15. The molecule has 1 saturated heterocycles. The van der Waals surface area contributed by atoms with Crippen molar-refractivity contribution in [3.05, 3.63) is 35.9 Å². The molecule has 0 aliphatic carbocycles. The standard InChI is InChI=1S/C17H23NO4S/c1-3-22-16-7-4-14(5-8-16)6-9-17(19)18(2)12-15-10-11-23(20,21)13-15/h4-9,15H,3,10-13H2,1-2H3/b9-6+/t15-/m1/s1. The molecular formula is C17H23NO4S. The molecular weight excluding hydrogens is 314 g/mol. The van der Waals surface area contributed by atoms with Gasteiger partial charge < -0.3 is 9.64 Å². The molecule has 0 radical (unpaired) electrons. The van der Waals surface area contributed by atoms with Crippen molar-refractivity contribution in [2.24, 2.45) is 5.92 Å². The molecule has 5 nitrogen and oxygen atoms in total. The third-order valence-electron chi connectivity index (χ3n) is 3.84. The Morgan fingerprint density at radius 3 is 2.61 bits per heavy atom. The number of carbonyl (C=O) groups excluding carboxylic acids is 1. The molecule has 1 aromatic rings. The van der Waals surface area contributed by atoms with E-state index < -0.39 is 9.84 Å². The topological polar surface area (TPSA) is 63.7 Å². The van der Waals surface area contributed by atoms with Crippen LogP contribution in [0.4, 0.5) is 0 Å². The fourth-order valence-corrected chi connectivity index (χ4v) is 4.48. The summed E-state index contributed by atoms with van der Waals surface area (Å²) in [4.78, 5) is 13.7. The summed E-state index contributed by atoms with van der Waals surface area (Å²) in [5, 5.41) is 0. The van der Waals surface area contributed by atoms with Crippen molar-refractivity contribution >= 4 is 21.8 Å². The second-order valence-corrected chi connectivity index (χ2v) is 8.05. The maximum absolute atomic E-state index is 12.1. The van der Waals surface area contributed by atoms with Crippen LogP contribution in [0.25, 0.3) is 6.08 Å². The van der Waals surface area contributed by atoms with Crippen LogP contribution in [0.2, 0.25) is 0 Å². The Kier molecular flexibility index (Phi) is 5.82. The van der Waals surface area contributed by atoms with Gasteiger partial charge in [-0.05, 0) is 43.0 Å². The van der Waals surface area contributed by atoms with Crippen molar-refractivity contribution in [3.63, 3.8) is 0 Å². The van der Waals surface area contributed by atoms with Crippen LogP contribution in [0.15, 0.2) is 30.3 Å². The first-order chi connectivity index (χ1) is 10.9. The molecule has 6 heteroatoms. The summed E-state index contributed by atoms with van der Waals surface area (Å²) < 4.78 is 28.3. The molecule has 0 N–H and O–H groups in total. The fraction of sp³-hybridized carbons (Fsp3) is 0.471. The highest BCUT2D eigenvalue weighted by molar-refractivity contribution is 7.91. The summed E-state index contributed by atoms with van der Waals surface area (Å²) in [6.07, 6.45) is 3.90. The number of nitrogens with zero attached hydrogens (tertiary/aromatic N) is 1. The average Bonchev–Trinajstić information content (AvgIpc) is 2.85. The molecule has 1 fully saturated rings. The Bertz CT molecular complexity index is 664. The Hall–Kier alpha value is -1.82. The number of hydrogen-bond acceptors (Lipinski definition) is 4. The molecule has 1 amide bonds. The van der Waals surface area contributed by atoms with E-state index in [1.54, 1.807) is 18.0 Å². The number of amides is 1. The number of rotatable bonds is 6. The van der Waals surface area contributed by atoms with Crippen LogP contribution in [-0.2, 0) is 14.6 Å². The van der Waals surface area contributed by atoms with Gasteiger partial charge in [0.05, 0.1) is 18.1 Å². The van der Waals surface area contributed by atoms with E-state index in [0.29, 0.717) is 19.6 Å². The van der Waals surface area contributed by atoms with Gasteiger partial charge in [0.1, 0.15) is 5.75 Å². The van der Waals surface area contributed by atoms with Gasteiger partial charge in [-0.2, -0.15) is 0 Å². The molecule has 1 heterocycles. The second kappa shape index (κ2) is 7.64. The van der Waals surface area contributed by atoms with Crippen LogP contribution in [0.3, 0.4) is 0 Å². The third-order valence-corrected chi connectivity index (χ3v) is 5.68. The molecule has 0 saturated carbocycles. The molecule has 1 atom stereocenters. The minimum Gasteiger partial charge on any atom is -0.494 e. The van der Waals surface area contributed by atoms with Gasteiger partial charge in [0.15, 0.2) is 9.84 Å². The highest BCUT2D eigenvalue weighted by Crippen LogP contribution is 2.19. The smallest absolute Gasteiger partial charge is 0.246 e. The van der Waals surface area contributed by atoms with E-state index in [2.05, 4.69) is 0 Å². The highest BCUT2D eigenvalue weighted by atomic mass is 32.2. The van der Waals surface area contributed by atoms with Crippen molar-refractivity contribution in [1.29, 1.82) is 0 Å². The Morgan fingerprint density at radius 1 is 1.35 bits per heavy atom. The lowest BCUT2D eigenvalue weighted by Crippen LogP contribution is -2.31. The molecule has 1 aliphatic heterocycles. The van der Waals surface area contributed by atoms with Gasteiger partial charge in [-0.3, -0.25) is 4.79 Å². The van der Waals surface area contributed by atoms with Gasteiger partial charge in [0.2, 0.25) is 5.91 Å². The van der Waals surface area contributed by atoms with E-state index in [1.807, 2.05) is 31.2 Å². The lowest BCUT2D eigenvalue weighted by molar-refractivity contribution is -0.125. The van der Waals surface area contributed by atoms with Gasteiger partial charge in [-0.1, -0.05) is 12.1 Å². The van der Waals surface area contributed by atoms with Crippen molar-refractivity contribution in [1.82, 2.24) is 4.90 Å². The van der Waals surface area contributed by atoms with E-state index in [0.717, 1.165) is 11.3 Å². The van der Waals surface area contributed by atoms with Crippen LogP contribution < -0.4 is 4.74 Å². The van der Waals surface area contributed by atoms with E-state index in [9.17, 15) is 13.2 Å². The van der Waals surface area contributed by atoms with Gasteiger partial charge in [-0.15, -0.1) is 0 Å². The first kappa shape index (κ1) is 17.5. The number of hydrogen-bond donors (Lipinski definition) is 0. The SMILES string of the molecule is CCOc1ccc(/C=C/C(=O)N(C)C[C@H]2CCS(=O)(=O)C2)cc1. The zero-order valence-electron chi connectivity index (χ0n) is 13.6. The lowest BCUT2D eigenvalue weighted by atomic mass is 10.1. The largest absolute Gasteiger partial charge is 0.494 e. The van der Waals surface area contributed by atoms with Crippen molar-refractivity contribution in [2.45, 2.75) is 13.3 Å². The fourth-order valence-electron chi connectivity index (χ4n) is 2.63. The minimum atomic E-state index is -2.90. The predicted molar refractivity (Wildman–Crippen MR) is 91.0 cm³/mol. The monoisotopic (exact) mass is 337 g/mol. The van der Waals surface area contributed by atoms with Crippen LogP contribution in [0.1, 0.15) is 18.9 Å². The summed E-state index contributed by atoms with van der Waals surface area (Å²) in [6.45, 7) is 3.03. The highest BCUT2D eigenvalue weighted by Gasteiger charge is 2.29. The van der Waals surface area contributed by atoms with Gasteiger partial charge in [0.25, 0.3) is 0 Å². The lowest BCUT2D eigenvalue weighted by Gasteiger charge is -2.18. The number of ether oxygens (including phenoxy) is 1. The quantitative estimate of drug-likeness (QED) is 0.745. The maximum Gasteiger partial charge on any atom is 0.246 e. The van der Waals surface area contributed by atoms with Crippen molar-refractivity contribution < 1.29 is 17.9 Å². The average molecular weight is 337 g/mol. The Morgan fingerprint density at radius 2 is 2.04 bits per heavy atom. The molecule has 0 unspecified atom stereocenters. The molecule has 1 aliphatic rings. The Balaban J connectivity index is 1.87. The van der Waals surface area contributed by atoms with E-state index >= 15 is 0 Å². The molecule has 0 aromatic heterocycles.